The third-order valence-electron chi connectivity index (χ3n) is 3.25. The molecule has 5 nitrogen and oxygen atoms in total. The molecule has 0 aliphatic heterocycles. The summed E-state index contributed by atoms with van der Waals surface area (Å²) < 4.78 is 5.14. The van der Waals surface area contributed by atoms with Crippen LogP contribution in [0.25, 0.3) is 0 Å². The van der Waals surface area contributed by atoms with Crippen LogP contribution in [-0.2, 0) is 9.53 Å². The first-order chi connectivity index (χ1) is 8.70. The molecule has 19 heavy (non-hydrogen) atoms. The maximum absolute atomic E-state index is 12.0. The van der Waals surface area contributed by atoms with E-state index in [1.807, 2.05) is 14.1 Å². The SMILES string of the molecule is COC(CN)CC(=O)NC(CCN(C)C)C(C)(C)C. The predicted octanol–water partition coefficient (Wildman–Crippen LogP) is 0.833. The second-order valence-electron chi connectivity index (χ2n) is 6.38. The summed E-state index contributed by atoms with van der Waals surface area (Å²) in [5, 5.41) is 3.11. The van der Waals surface area contributed by atoms with Crippen molar-refractivity contribution in [2.75, 3.05) is 34.3 Å². The lowest BCUT2D eigenvalue weighted by atomic mass is 9.84. The van der Waals surface area contributed by atoms with Crippen LogP contribution in [0.3, 0.4) is 0 Å². The third-order valence-corrected chi connectivity index (χ3v) is 3.25. The Hall–Kier alpha value is -0.650. The van der Waals surface area contributed by atoms with E-state index in [4.69, 9.17) is 10.5 Å². The highest BCUT2D eigenvalue weighted by Crippen LogP contribution is 2.22. The molecule has 0 saturated carbocycles. The Morgan fingerprint density at radius 1 is 1.37 bits per heavy atom. The number of nitrogens with two attached hydrogens (primary N) is 1. The van der Waals surface area contributed by atoms with Gasteiger partial charge in [-0.25, -0.2) is 0 Å². The van der Waals surface area contributed by atoms with Crippen LogP contribution < -0.4 is 11.1 Å². The van der Waals surface area contributed by atoms with Gasteiger partial charge in [-0.1, -0.05) is 20.8 Å². The van der Waals surface area contributed by atoms with Crippen molar-refractivity contribution in [3.05, 3.63) is 0 Å². The van der Waals surface area contributed by atoms with Crippen molar-refractivity contribution in [2.45, 2.75) is 45.8 Å². The molecule has 0 bridgehead atoms. The molecule has 0 radical (unpaired) electrons. The summed E-state index contributed by atoms with van der Waals surface area (Å²) in [6.07, 6.45) is 1.05. The summed E-state index contributed by atoms with van der Waals surface area (Å²) in [6, 6.07) is 0.151. The molecule has 1 amide bonds. The van der Waals surface area contributed by atoms with Gasteiger partial charge in [-0.05, 0) is 32.5 Å². The highest BCUT2D eigenvalue weighted by molar-refractivity contribution is 5.76. The topological polar surface area (TPSA) is 67.6 Å². The molecule has 0 aliphatic carbocycles. The third kappa shape index (κ3) is 8.18. The quantitative estimate of drug-likeness (QED) is 0.687. The van der Waals surface area contributed by atoms with E-state index in [9.17, 15) is 4.79 Å². The monoisotopic (exact) mass is 273 g/mol. The van der Waals surface area contributed by atoms with E-state index in [0.29, 0.717) is 13.0 Å². The maximum atomic E-state index is 12.0. The van der Waals surface area contributed by atoms with Gasteiger partial charge in [0.2, 0.25) is 5.91 Å². The van der Waals surface area contributed by atoms with E-state index < -0.39 is 0 Å². The van der Waals surface area contributed by atoms with E-state index in [-0.39, 0.29) is 23.5 Å². The number of ether oxygens (including phenoxy) is 1. The first kappa shape index (κ1) is 18.4. The minimum Gasteiger partial charge on any atom is -0.380 e. The minimum atomic E-state index is -0.200. The Labute approximate surface area is 117 Å². The van der Waals surface area contributed by atoms with Crippen molar-refractivity contribution in [2.24, 2.45) is 11.1 Å². The number of methoxy groups -OCH3 is 1. The van der Waals surface area contributed by atoms with Crippen LogP contribution in [0.5, 0.6) is 0 Å². The Kier molecular flexibility index (Phi) is 8.22. The summed E-state index contributed by atoms with van der Waals surface area (Å²) in [5.41, 5.74) is 5.57. The smallest absolute Gasteiger partial charge is 0.222 e. The first-order valence-corrected chi connectivity index (χ1v) is 6.87. The molecule has 0 aromatic rings. The number of rotatable bonds is 8. The van der Waals surface area contributed by atoms with Crippen LogP contribution in [0.1, 0.15) is 33.6 Å². The molecule has 2 atom stereocenters. The molecule has 0 spiro atoms. The molecule has 0 aromatic carbocycles. The van der Waals surface area contributed by atoms with Crippen LogP contribution in [0.4, 0.5) is 0 Å². The highest BCUT2D eigenvalue weighted by atomic mass is 16.5. The van der Waals surface area contributed by atoms with E-state index in [1.54, 1.807) is 7.11 Å². The van der Waals surface area contributed by atoms with E-state index in [2.05, 4.69) is 31.0 Å². The molecule has 0 rings (SSSR count). The molecule has 5 heteroatoms. The first-order valence-electron chi connectivity index (χ1n) is 6.87. The van der Waals surface area contributed by atoms with Crippen molar-refractivity contribution in [3.8, 4) is 0 Å². The Balaban J connectivity index is 4.43. The van der Waals surface area contributed by atoms with Crippen LogP contribution in [0.15, 0.2) is 0 Å². The average Bonchev–Trinajstić information content (AvgIpc) is 2.29. The molecule has 0 saturated heterocycles. The molecular formula is C14H31N3O2. The van der Waals surface area contributed by atoms with Gasteiger partial charge in [0, 0.05) is 19.7 Å². The average molecular weight is 273 g/mol. The summed E-state index contributed by atoms with van der Waals surface area (Å²) in [4.78, 5) is 14.1. The standard InChI is InChI=1S/C14H31N3O2/c1-14(2,3)12(7-8-17(4)5)16-13(18)9-11(10-15)19-6/h11-12H,7-10,15H2,1-6H3,(H,16,18). The second kappa shape index (κ2) is 8.51. The van der Waals surface area contributed by atoms with E-state index >= 15 is 0 Å². The fourth-order valence-corrected chi connectivity index (χ4v) is 1.83. The second-order valence-corrected chi connectivity index (χ2v) is 6.38. The minimum absolute atomic E-state index is 0.0102. The fourth-order valence-electron chi connectivity index (χ4n) is 1.83. The largest absolute Gasteiger partial charge is 0.380 e. The Morgan fingerprint density at radius 2 is 1.95 bits per heavy atom. The van der Waals surface area contributed by atoms with Gasteiger partial charge in [0.1, 0.15) is 0 Å². The molecule has 114 valence electrons. The lowest BCUT2D eigenvalue weighted by Gasteiger charge is -2.32. The van der Waals surface area contributed by atoms with Gasteiger partial charge in [-0.2, -0.15) is 0 Å². The number of carbonyl (C=O) groups is 1. The highest BCUT2D eigenvalue weighted by Gasteiger charge is 2.26. The molecular weight excluding hydrogens is 242 g/mol. The normalized spacial score (nSPS) is 15.4. The Morgan fingerprint density at radius 3 is 2.32 bits per heavy atom. The van der Waals surface area contributed by atoms with Crippen molar-refractivity contribution in [3.63, 3.8) is 0 Å². The number of nitrogens with one attached hydrogen (secondary N) is 1. The van der Waals surface area contributed by atoms with Crippen LogP contribution in [0.2, 0.25) is 0 Å². The van der Waals surface area contributed by atoms with Gasteiger partial charge in [0.15, 0.2) is 0 Å². The van der Waals surface area contributed by atoms with E-state index in [0.717, 1.165) is 13.0 Å². The zero-order chi connectivity index (χ0) is 15.1. The number of hydrogen-bond acceptors (Lipinski definition) is 4. The van der Waals surface area contributed by atoms with E-state index in [1.165, 1.54) is 0 Å². The van der Waals surface area contributed by atoms with Gasteiger partial charge in [-0.15, -0.1) is 0 Å². The van der Waals surface area contributed by atoms with Gasteiger partial charge >= 0.3 is 0 Å². The van der Waals surface area contributed by atoms with Crippen molar-refractivity contribution in [1.29, 1.82) is 0 Å². The van der Waals surface area contributed by atoms with Crippen molar-refractivity contribution >= 4 is 5.91 Å². The molecule has 3 N–H and O–H groups in total. The molecule has 0 heterocycles. The number of nitrogens with zero attached hydrogens (tertiary/aromatic N) is 1. The van der Waals surface area contributed by atoms with Crippen molar-refractivity contribution < 1.29 is 9.53 Å². The van der Waals surface area contributed by atoms with Gasteiger partial charge < -0.3 is 20.7 Å². The summed E-state index contributed by atoms with van der Waals surface area (Å²) in [7, 11) is 5.66. The van der Waals surface area contributed by atoms with Crippen LogP contribution in [-0.4, -0.2) is 57.2 Å². The van der Waals surface area contributed by atoms with Crippen LogP contribution in [0, 0.1) is 5.41 Å². The number of carbonyl (C=O) groups excluding carboxylic acids is 1. The van der Waals surface area contributed by atoms with Gasteiger partial charge in [0.05, 0.1) is 12.5 Å². The zero-order valence-electron chi connectivity index (χ0n) is 13.3. The lowest BCUT2D eigenvalue weighted by Crippen LogP contribution is -2.46. The van der Waals surface area contributed by atoms with Gasteiger partial charge in [-0.3, -0.25) is 4.79 Å². The summed E-state index contributed by atoms with van der Waals surface area (Å²) in [6.45, 7) is 7.74. The van der Waals surface area contributed by atoms with Gasteiger partial charge in [0.25, 0.3) is 0 Å². The molecule has 2 unspecified atom stereocenters. The lowest BCUT2D eigenvalue weighted by molar-refractivity contribution is -0.125. The summed E-state index contributed by atoms with van der Waals surface area (Å²) >= 11 is 0. The van der Waals surface area contributed by atoms with Crippen molar-refractivity contribution in [1.82, 2.24) is 10.2 Å². The molecule has 0 aromatic heterocycles. The fraction of sp³-hybridized carbons (Fsp3) is 0.929. The van der Waals surface area contributed by atoms with Crippen LogP contribution >= 0.6 is 0 Å². The summed E-state index contributed by atoms with van der Waals surface area (Å²) in [5.74, 6) is 0.0102. The number of amides is 1. The zero-order valence-corrected chi connectivity index (χ0v) is 13.3. The number of hydrogen-bond donors (Lipinski definition) is 2. The molecule has 0 fully saturated rings. The Bertz CT molecular complexity index is 258. The predicted molar refractivity (Wildman–Crippen MR) is 79.0 cm³/mol. The maximum Gasteiger partial charge on any atom is 0.222 e. The molecule has 0 aliphatic rings.